The summed E-state index contributed by atoms with van der Waals surface area (Å²) in [5.74, 6) is 1.37. The SMILES string of the molecule is CCC[C@@H]1CNC[C@@H]1c1ccccc1Cl. The lowest BCUT2D eigenvalue weighted by Gasteiger charge is -2.19. The molecule has 0 saturated carbocycles. The standard InChI is InChI=1S/C13H18ClN/c1-2-5-10-8-15-9-12(10)11-6-3-4-7-13(11)14/h3-4,6-7,10,12,15H,2,5,8-9H2,1H3/t10-,12+/m1/s1. The van der Waals surface area contributed by atoms with Crippen LogP contribution in [-0.4, -0.2) is 13.1 Å². The van der Waals surface area contributed by atoms with Gasteiger partial charge in [-0.3, -0.25) is 0 Å². The third kappa shape index (κ3) is 2.35. The van der Waals surface area contributed by atoms with Crippen molar-refractivity contribution in [3.8, 4) is 0 Å². The monoisotopic (exact) mass is 223 g/mol. The maximum Gasteiger partial charge on any atom is 0.0441 e. The van der Waals surface area contributed by atoms with Crippen molar-refractivity contribution < 1.29 is 0 Å². The van der Waals surface area contributed by atoms with E-state index in [0.717, 1.165) is 24.0 Å². The number of nitrogens with one attached hydrogen (secondary N) is 1. The van der Waals surface area contributed by atoms with Gasteiger partial charge in [-0.05, 0) is 30.5 Å². The Morgan fingerprint density at radius 2 is 2.13 bits per heavy atom. The van der Waals surface area contributed by atoms with Crippen LogP contribution in [-0.2, 0) is 0 Å². The highest BCUT2D eigenvalue weighted by Gasteiger charge is 2.28. The minimum absolute atomic E-state index is 0.610. The molecule has 1 saturated heterocycles. The Kier molecular flexibility index (Phi) is 3.66. The van der Waals surface area contributed by atoms with Gasteiger partial charge in [0.2, 0.25) is 0 Å². The van der Waals surface area contributed by atoms with Gasteiger partial charge in [-0.15, -0.1) is 0 Å². The maximum absolute atomic E-state index is 6.24. The summed E-state index contributed by atoms with van der Waals surface area (Å²) in [5.41, 5.74) is 1.32. The maximum atomic E-state index is 6.24. The van der Waals surface area contributed by atoms with Crippen LogP contribution in [0.4, 0.5) is 0 Å². The number of benzene rings is 1. The first-order chi connectivity index (χ1) is 7.33. The Balaban J connectivity index is 2.19. The smallest absolute Gasteiger partial charge is 0.0441 e. The van der Waals surface area contributed by atoms with Crippen molar-refractivity contribution in [2.24, 2.45) is 5.92 Å². The van der Waals surface area contributed by atoms with Crippen molar-refractivity contribution in [1.82, 2.24) is 5.32 Å². The molecule has 0 amide bonds. The van der Waals surface area contributed by atoms with Crippen LogP contribution >= 0.6 is 11.6 Å². The lowest BCUT2D eigenvalue weighted by atomic mass is 9.86. The predicted octanol–water partition coefficient (Wildman–Crippen LogP) is 3.44. The van der Waals surface area contributed by atoms with Gasteiger partial charge in [-0.1, -0.05) is 43.1 Å². The average Bonchev–Trinajstić information content (AvgIpc) is 2.67. The van der Waals surface area contributed by atoms with E-state index in [1.807, 2.05) is 12.1 Å². The van der Waals surface area contributed by atoms with Gasteiger partial charge in [0.05, 0.1) is 0 Å². The summed E-state index contributed by atoms with van der Waals surface area (Å²) in [6, 6.07) is 8.26. The van der Waals surface area contributed by atoms with Crippen LogP contribution in [0.3, 0.4) is 0 Å². The lowest BCUT2D eigenvalue weighted by Crippen LogP contribution is -2.10. The van der Waals surface area contributed by atoms with Crippen molar-refractivity contribution in [3.05, 3.63) is 34.9 Å². The van der Waals surface area contributed by atoms with Crippen molar-refractivity contribution in [2.75, 3.05) is 13.1 Å². The van der Waals surface area contributed by atoms with E-state index in [4.69, 9.17) is 11.6 Å². The minimum Gasteiger partial charge on any atom is -0.316 e. The fraction of sp³-hybridized carbons (Fsp3) is 0.538. The first-order valence-corrected chi connectivity index (χ1v) is 6.16. The molecule has 1 aliphatic heterocycles. The Morgan fingerprint density at radius 1 is 1.33 bits per heavy atom. The fourth-order valence-corrected chi connectivity index (χ4v) is 2.82. The summed E-state index contributed by atoms with van der Waals surface area (Å²) in [6.45, 7) is 4.47. The van der Waals surface area contributed by atoms with Gasteiger partial charge < -0.3 is 5.32 Å². The number of rotatable bonds is 3. The molecule has 0 unspecified atom stereocenters. The molecule has 82 valence electrons. The molecule has 0 radical (unpaired) electrons. The third-order valence-electron chi connectivity index (χ3n) is 3.30. The highest BCUT2D eigenvalue weighted by molar-refractivity contribution is 6.31. The van der Waals surface area contributed by atoms with Crippen molar-refractivity contribution >= 4 is 11.6 Å². The molecule has 2 rings (SSSR count). The molecule has 0 bridgehead atoms. The normalized spacial score (nSPS) is 25.7. The van der Waals surface area contributed by atoms with Gasteiger partial charge in [0.25, 0.3) is 0 Å². The zero-order chi connectivity index (χ0) is 10.7. The molecular formula is C13H18ClN. The van der Waals surface area contributed by atoms with Crippen LogP contribution in [0.2, 0.25) is 5.02 Å². The van der Waals surface area contributed by atoms with E-state index in [9.17, 15) is 0 Å². The average molecular weight is 224 g/mol. The number of halogens is 1. The molecule has 1 nitrogen and oxygen atoms in total. The van der Waals surface area contributed by atoms with Crippen LogP contribution in [0, 0.1) is 5.92 Å². The second kappa shape index (κ2) is 5.00. The summed E-state index contributed by atoms with van der Waals surface area (Å²) in [6.07, 6.45) is 2.55. The molecule has 1 heterocycles. The van der Waals surface area contributed by atoms with E-state index >= 15 is 0 Å². The van der Waals surface area contributed by atoms with Gasteiger partial charge in [0, 0.05) is 17.5 Å². The topological polar surface area (TPSA) is 12.0 Å². The summed E-state index contributed by atoms with van der Waals surface area (Å²) >= 11 is 6.24. The van der Waals surface area contributed by atoms with Crippen LogP contribution in [0.1, 0.15) is 31.2 Å². The molecule has 0 spiro atoms. The molecule has 1 aromatic rings. The van der Waals surface area contributed by atoms with E-state index in [1.165, 1.54) is 18.4 Å². The quantitative estimate of drug-likeness (QED) is 0.828. The minimum atomic E-state index is 0.610. The molecule has 1 aromatic carbocycles. The molecule has 1 aliphatic rings. The van der Waals surface area contributed by atoms with Crippen molar-refractivity contribution in [3.63, 3.8) is 0 Å². The summed E-state index contributed by atoms with van der Waals surface area (Å²) in [5, 5.41) is 4.40. The van der Waals surface area contributed by atoms with Gasteiger partial charge in [0.1, 0.15) is 0 Å². The number of hydrogen-bond acceptors (Lipinski definition) is 1. The third-order valence-corrected chi connectivity index (χ3v) is 3.65. The van der Waals surface area contributed by atoms with Crippen molar-refractivity contribution in [1.29, 1.82) is 0 Å². The zero-order valence-corrected chi connectivity index (χ0v) is 9.93. The van der Waals surface area contributed by atoms with Gasteiger partial charge in [-0.25, -0.2) is 0 Å². The molecule has 2 atom stereocenters. The van der Waals surface area contributed by atoms with Gasteiger partial charge in [0.15, 0.2) is 0 Å². The van der Waals surface area contributed by atoms with Crippen LogP contribution in [0.5, 0.6) is 0 Å². The molecule has 15 heavy (non-hydrogen) atoms. The van der Waals surface area contributed by atoms with Crippen LogP contribution < -0.4 is 5.32 Å². The Morgan fingerprint density at radius 3 is 2.87 bits per heavy atom. The molecule has 0 aliphatic carbocycles. The van der Waals surface area contributed by atoms with E-state index in [1.54, 1.807) is 0 Å². The van der Waals surface area contributed by atoms with Crippen LogP contribution in [0.15, 0.2) is 24.3 Å². The predicted molar refractivity (Wildman–Crippen MR) is 65.5 cm³/mol. The second-order valence-corrected chi connectivity index (χ2v) is 4.74. The first kappa shape index (κ1) is 11.0. The largest absolute Gasteiger partial charge is 0.316 e. The van der Waals surface area contributed by atoms with E-state index in [0.29, 0.717) is 5.92 Å². The Labute approximate surface area is 96.8 Å². The summed E-state index contributed by atoms with van der Waals surface area (Å²) < 4.78 is 0. The van der Waals surface area contributed by atoms with E-state index in [2.05, 4.69) is 24.4 Å². The van der Waals surface area contributed by atoms with Crippen LogP contribution in [0.25, 0.3) is 0 Å². The molecule has 2 heteroatoms. The summed E-state index contributed by atoms with van der Waals surface area (Å²) in [7, 11) is 0. The molecule has 1 N–H and O–H groups in total. The lowest BCUT2D eigenvalue weighted by molar-refractivity contribution is 0.474. The molecular weight excluding hydrogens is 206 g/mol. The summed E-state index contributed by atoms with van der Waals surface area (Å²) in [4.78, 5) is 0. The highest BCUT2D eigenvalue weighted by Crippen LogP contribution is 2.34. The molecule has 0 aromatic heterocycles. The van der Waals surface area contributed by atoms with E-state index < -0.39 is 0 Å². The van der Waals surface area contributed by atoms with Gasteiger partial charge >= 0.3 is 0 Å². The van der Waals surface area contributed by atoms with E-state index in [-0.39, 0.29) is 0 Å². The van der Waals surface area contributed by atoms with Crippen molar-refractivity contribution in [2.45, 2.75) is 25.7 Å². The Bertz CT molecular complexity index is 324. The first-order valence-electron chi connectivity index (χ1n) is 5.78. The second-order valence-electron chi connectivity index (χ2n) is 4.34. The Hall–Kier alpha value is -0.530. The van der Waals surface area contributed by atoms with Gasteiger partial charge in [-0.2, -0.15) is 0 Å². The molecule has 1 fully saturated rings. The highest BCUT2D eigenvalue weighted by atomic mass is 35.5. The number of hydrogen-bond donors (Lipinski definition) is 1. The fourth-order valence-electron chi connectivity index (χ4n) is 2.55. The zero-order valence-electron chi connectivity index (χ0n) is 9.17.